The molecule has 4 nitrogen and oxygen atoms in total. The highest BCUT2D eigenvalue weighted by molar-refractivity contribution is 5.93. The smallest absolute Gasteiger partial charge is 0.270 e. The minimum Gasteiger partial charge on any atom is -0.385 e. The van der Waals surface area contributed by atoms with E-state index in [0.717, 1.165) is 31.0 Å². The molecule has 1 fully saturated rings. The van der Waals surface area contributed by atoms with Crippen molar-refractivity contribution in [2.75, 3.05) is 11.9 Å². The van der Waals surface area contributed by atoms with Crippen molar-refractivity contribution in [2.24, 2.45) is 11.8 Å². The van der Waals surface area contributed by atoms with Crippen LogP contribution in [0.1, 0.15) is 56.9 Å². The van der Waals surface area contributed by atoms with Crippen molar-refractivity contribution in [3.8, 4) is 0 Å². The summed E-state index contributed by atoms with van der Waals surface area (Å²) in [5.74, 6) is 1.26. The van der Waals surface area contributed by atoms with Crippen LogP contribution in [-0.4, -0.2) is 23.5 Å². The molecular formula is C17H27N3O. The van der Waals surface area contributed by atoms with Crippen molar-refractivity contribution in [3.63, 3.8) is 0 Å². The van der Waals surface area contributed by atoms with E-state index in [1.54, 1.807) is 6.20 Å². The van der Waals surface area contributed by atoms with Crippen molar-refractivity contribution < 1.29 is 4.79 Å². The summed E-state index contributed by atoms with van der Waals surface area (Å²) in [4.78, 5) is 16.6. The molecule has 0 radical (unpaired) electrons. The van der Waals surface area contributed by atoms with Crippen LogP contribution in [0, 0.1) is 11.8 Å². The number of aromatic nitrogens is 1. The second-order valence-electron chi connectivity index (χ2n) is 6.33. The molecule has 1 saturated carbocycles. The van der Waals surface area contributed by atoms with Crippen molar-refractivity contribution in [1.82, 2.24) is 10.3 Å². The molecule has 0 bridgehead atoms. The zero-order valence-electron chi connectivity index (χ0n) is 13.4. The number of carbonyl (C=O) groups is 1. The summed E-state index contributed by atoms with van der Waals surface area (Å²) in [6.07, 6.45) is 6.21. The van der Waals surface area contributed by atoms with E-state index in [0.29, 0.717) is 11.6 Å². The average molecular weight is 289 g/mol. The maximum Gasteiger partial charge on any atom is 0.270 e. The van der Waals surface area contributed by atoms with E-state index >= 15 is 0 Å². The number of nitrogens with one attached hydrogen (secondary N) is 2. The highest BCUT2D eigenvalue weighted by atomic mass is 16.1. The maximum absolute atomic E-state index is 12.4. The molecule has 3 atom stereocenters. The lowest BCUT2D eigenvalue weighted by molar-refractivity contribution is 0.0894. The Morgan fingerprint density at radius 2 is 2.19 bits per heavy atom. The van der Waals surface area contributed by atoms with Crippen molar-refractivity contribution in [3.05, 3.63) is 24.0 Å². The Bertz CT molecular complexity index is 475. The third-order valence-corrected chi connectivity index (χ3v) is 4.32. The molecule has 21 heavy (non-hydrogen) atoms. The second-order valence-corrected chi connectivity index (χ2v) is 6.33. The highest BCUT2D eigenvalue weighted by Gasteiger charge is 2.27. The van der Waals surface area contributed by atoms with Gasteiger partial charge in [0.2, 0.25) is 0 Å². The molecule has 2 rings (SSSR count). The van der Waals surface area contributed by atoms with Gasteiger partial charge in [0.25, 0.3) is 5.91 Å². The van der Waals surface area contributed by atoms with E-state index in [1.165, 1.54) is 12.8 Å². The molecule has 0 saturated heterocycles. The standard InChI is InChI=1S/C17H27N3O/c1-4-8-18-14-7-9-19-16(11-14)17(21)20-15-6-5-12(2)10-13(15)3/h7,9,11-13,15H,4-6,8,10H2,1-3H3,(H,18,19)(H,20,21). The number of amides is 1. The molecule has 1 heterocycles. The monoisotopic (exact) mass is 289 g/mol. The lowest BCUT2D eigenvalue weighted by Gasteiger charge is -2.33. The van der Waals surface area contributed by atoms with E-state index in [9.17, 15) is 4.79 Å². The fourth-order valence-electron chi connectivity index (χ4n) is 3.06. The zero-order chi connectivity index (χ0) is 15.2. The maximum atomic E-state index is 12.4. The predicted molar refractivity (Wildman–Crippen MR) is 86.5 cm³/mol. The van der Waals surface area contributed by atoms with Gasteiger partial charge in [-0.15, -0.1) is 0 Å². The highest BCUT2D eigenvalue weighted by Crippen LogP contribution is 2.28. The van der Waals surface area contributed by atoms with Gasteiger partial charge in [0.1, 0.15) is 5.69 Å². The van der Waals surface area contributed by atoms with Gasteiger partial charge in [-0.25, -0.2) is 0 Å². The van der Waals surface area contributed by atoms with Gasteiger partial charge in [-0.05, 0) is 49.7 Å². The van der Waals surface area contributed by atoms with Crippen molar-refractivity contribution in [2.45, 2.75) is 52.5 Å². The number of hydrogen-bond acceptors (Lipinski definition) is 3. The van der Waals surface area contributed by atoms with Crippen LogP contribution in [0.2, 0.25) is 0 Å². The summed E-state index contributed by atoms with van der Waals surface area (Å²) in [6, 6.07) is 4.01. The summed E-state index contributed by atoms with van der Waals surface area (Å²) in [5.41, 5.74) is 1.46. The fourth-order valence-corrected chi connectivity index (χ4v) is 3.06. The Hall–Kier alpha value is -1.58. The number of rotatable bonds is 5. The molecule has 1 aromatic heterocycles. The van der Waals surface area contributed by atoms with E-state index in [1.807, 2.05) is 12.1 Å². The normalized spacial score (nSPS) is 25.4. The molecule has 116 valence electrons. The quantitative estimate of drug-likeness (QED) is 0.873. The molecule has 1 aliphatic rings. The summed E-state index contributed by atoms with van der Waals surface area (Å²) >= 11 is 0. The Balaban J connectivity index is 1.96. The van der Waals surface area contributed by atoms with Gasteiger partial charge in [-0.1, -0.05) is 20.8 Å². The topological polar surface area (TPSA) is 54.0 Å². The molecule has 1 amide bonds. The van der Waals surface area contributed by atoms with Gasteiger partial charge < -0.3 is 10.6 Å². The van der Waals surface area contributed by atoms with Gasteiger partial charge in [0, 0.05) is 24.5 Å². The van der Waals surface area contributed by atoms with E-state index in [4.69, 9.17) is 0 Å². The Kier molecular flexibility index (Phi) is 5.59. The molecule has 1 aromatic rings. The van der Waals surface area contributed by atoms with E-state index < -0.39 is 0 Å². The molecule has 0 spiro atoms. The zero-order valence-corrected chi connectivity index (χ0v) is 13.4. The number of nitrogens with zero attached hydrogens (tertiary/aromatic N) is 1. The number of pyridine rings is 1. The first-order valence-electron chi connectivity index (χ1n) is 8.11. The molecular weight excluding hydrogens is 262 g/mol. The van der Waals surface area contributed by atoms with Gasteiger partial charge in [0.05, 0.1) is 0 Å². The van der Waals surface area contributed by atoms with Crippen LogP contribution in [0.3, 0.4) is 0 Å². The lowest BCUT2D eigenvalue weighted by atomic mass is 9.80. The van der Waals surface area contributed by atoms with Crippen LogP contribution in [0.5, 0.6) is 0 Å². The summed E-state index contributed by atoms with van der Waals surface area (Å²) in [7, 11) is 0. The largest absolute Gasteiger partial charge is 0.385 e. The van der Waals surface area contributed by atoms with E-state index in [2.05, 4.69) is 36.4 Å². The van der Waals surface area contributed by atoms with Gasteiger partial charge in [-0.2, -0.15) is 0 Å². The number of carbonyl (C=O) groups excluding carboxylic acids is 1. The molecule has 4 heteroatoms. The summed E-state index contributed by atoms with van der Waals surface area (Å²) in [5, 5.41) is 6.45. The molecule has 3 unspecified atom stereocenters. The van der Waals surface area contributed by atoms with Crippen LogP contribution in [-0.2, 0) is 0 Å². The van der Waals surface area contributed by atoms with Gasteiger partial charge in [0.15, 0.2) is 0 Å². The SMILES string of the molecule is CCCNc1ccnc(C(=O)NC2CCC(C)CC2C)c1. The van der Waals surface area contributed by atoms with Crippen LogP contribution in [0.25, 0.3) is 0 Å². The van der Waals surface area contributed by atoms with Crippen LogP contribution >= 0.6 is 0 Å². The summed E-state index contributed by atoms with van der Waals surface area (Å²) in [6.45, 7) is 7.54. The van der Waals surface area contributed by atoms with Crippen molar-refractivity contribution in [1.29, 1.82) is 0 Å². The number of anilines is 1. The fraction of sp³-hybridized carbons (Fsp3) is 0.647. The Morgan fingerprint density at radius 1 is 1.38 bits per heavy atom. The molecule has 2 N–H and O–H groups in total. The van der Waals surface area contributed by atoms with Gasteiger partial charge in [-0.3, -0.25) is 9.78 Å². The third kappa shape index (κ3) is 4.45. The minimum atomic E-state index is -0.0541. The first-order chi connectivity index (χ1) is 10.1. The number of hydrogen-bond donors (Lipinski definition) is 2. The van der Waals surface area contributed by atoms with Crippen LogP contribution in [0.15, 0.2) is 18.3 Å². The Morgan fingerprint density at radius 3 is 2.90 bits per heavy atom. The van der Waals surface area contributed by atoms with Crippen LogP contribution in [0.4, 0.5) is 5.69 Å². The summed E-state index contributed by atoms with van der Waals surface area (Å²) < 4.78 is 0. The van der Waals surface area contributed by atoms with E-state index in [-0.39, 0.29) is 11.9 Å². The molecule has 1 aliphatic carbocycles. The third-order valence-electron chi connectivity index (χ3n) is 4.32. The van der Waals surface area contributed by atoms with Crippen LogP contribution < -0.4 is 10.6 Å². The first-order valence-corrected chi connectivity index (χ1v) is 8.11. The Labute approximate surface area is 127 Å². The first kappa shape index (κ1) is 15.8. The predicted octanol–water partition coefficient (Wildman–Crippen LogP) is 3.46. The van der Waals surface area contributed by atoms with Crippen molar-refractivity contribution >= 4 is 11.6 Å². The molecule has 0 aliphatic heterocycles. The minimum absolute atomic E-state index is 0.0541. The molecule has 0 aromatic carbocycles. The average Bonchev–Trinajstić information content (AvgIpc) is 2.48. The van der Waals surface area contributed by atoms with Gasteiger partial charge >= 0.3 is 0 Å². The second kappa shape index (κ2) is 7.43. The lowest BCUT2D eigenvalue weighted by Crippen LogP contribution is -2.42.